The minimum absolute atomic E-state index is 0.208. The fraction of sp³-hybridized carbons (Fsp3) is 0.562. The fourth-order valence-corrected chi connectivity index (χ4v) is 1.76. The first-order valence-corrected chi connectivity index (χ1v) is 7.01. The van der Waals surface area contributed by atoms with Crippen molar-refractivity contribution in [3.8, 4) is 0 Å². The van der Waals surface area contributed by atoms with Crippen LogP contribution in [-0.2, 0) is 14.3 Å². The van der Waals surface area contributed by atoms with Crippen LogP contribution in [0.3, 0.4) is 0 Å². The Morgan fingerprint density at radius 2 is 1.90 bits per heavy atom. The minimum atomic E-state index is -0.694. The molecule has 0 spiro atoms. The van der Waals surface area contributed by atoms with E-state index in [0.717, 1.165) is 5.56 Å². The van der Waals surface area contributed by atoms with E-state index in [4.69, 9.17) is 9.47 Å². The molecule has 2 unspecified atom stereocenters. The first-order chi connectivity index (χ1) is 9.83. The smallest absolute Gasteiger partial charge is 0.327 e. The zero-order valence-electron chi connectivity index (χ0n) is 13.1. The average molecular weight is 295 g/mol. The van der Waals surface area contributed by atoms with Crippen LogP contribution in [0, 0.1) is 0 Å². The molecule has 5 heteroatoms. The monoisotopic (exact) mass is 295 g/mol. The van der Waals surface area contributed by atoms with Gasteiger partial charge in [0.05, 0.1) is 25.4 Å². The van der Waals surface area contributed by atoms with Gasteiger partial charge in [0, 0.05) is 6.54 Å². The van der Waals surface area contributed by atoms with Gasteiger partial charge in [-0.3, -0.25) is 5.32 Å². The largest absolute Gasteiger partial charge is 0.468 e. The summed E-state index contributed by atoms with van der Waals surface area (Å²) < 4.78 is 10.3. The van der Waals surface area contributed by atoms with Gasteiger partial charge in [-0.2, -0.15) is 0 Å². The molecule has 0 aliphatic rings. The summed E-state index contributed by atoms with van der Waals surface area (Å²) in [5.74, 6) is -0.384. The number of ether oxygens (including phenoxy) is 2. The lowest BCUT2D eigenvalue weighted by Crippen LogP contribution is -2.38. The molecule has 0 aliphatic heterocycles. The SMILES string of the molecule is COC(=O)C(NCC(O)COC(C)(C)C)c1ccccc1. The summed E-state index contributed by atoms with van der Waals surface area (Å²) in [5, 5.41) is 12.9. The number of rotatable bonds is 7. The topological polar surface area (TPSA) is 67.8 Å². The predicted molar refractivity (Wildman–Crippen MR) is 80.9 cm³/mol. The number of methoxy groups -OCH3 is 1. The van der Waals surface area contributed by atoms with Gasteiger partial charge in [-0.1, -0.05) is 30.3 Å². The number of carbonyl (C=O) groups excluding carboxylic acids is 1. The number of carbonyl (C=O) groups is 1. The maximum absolute atomic E-state index is 11.8. The fourth-order valence-electron chi connectivity index (χ4n) is 1.76. The predicted octanol–water partition coefficient (Wildman–Crippen LogP) is 1.67. The van der Waals surface area contributed by atoms with E-state index in [1.165, 1.54) is 7.11 Å². The molecule has 118 valence electrons. The molecule has 0 bridgehead atoms. The highest BCUT2D eigenvalue weighted by Crippen LogP contribution is 2.14. The van der Waals surface area contributed by atoms with Crippen molar-refractivity contribution < 1.29 is 19.4 Å². The first-order valence-electron chi connectivity index (χ1n) is 7.01. The number of nitrogens with one attached hydrogen (secondary N) is 1. The average Bonchev–Trinajstić information content (AvgIpc) is 2.45. The molecule has 0 heterocycles. The number of aliphatic hydroxyl groups excluding tert-OH is 1. The second-order valence-electron chi connectivity index (χ2n) is 5.85. The second kappa shape index (κ2) is 8.12. The molecule has 0 fully saturated rings. The van der Waals surface area contributed by atoms with Gasteiger partial charge in [0.2, 0.25) is 0 Å². The Kier molecular flexibility index (Phi) is 6.81. The molecule has 1 aromatic carbocycles. The third kappa shape index (κ3) is 6.71. The summed E-state index contributed by atoms with van der Waals surface area (Å²) in [5.41, 5.74) is 0.496. The van der Waals surface area contributed by atoms with Gasteiger partial charge in [0.15, 0.2) is 0 Å². The van der Waals surface area contributed by atoms with E-state index in [1.54, 1.807) is 0 Å². The van der Waals surface area contributed by atoms with Gasteiger partial charge in [-0.15, -0.1) is 0 Å². The molecule has 0 amide bonds. The molecule has 0 radical (unpaired) electrons. The molecule has 1 rings (SSSR count). The Balaban J connectivity index is 2.57. The normalized spacial score (nSPS) is 14.5. The quantitative estimate of drug-likeness (QED) is 0.749. The van der Waals surface area contributed by atoms with E-state index in [1.807, 2.05) is 51.1 Å². The number of benzene rings is 1. The summed E-state index contributed by atoms with van der Waals surface area (Å²) in [6.45, 7) is 6.22. The molecular weight excluding hydrogens is 270 g/mol. The van der Waals surface area contributed by atoms with E-state index in [0.29, 0.717) is 0 Å². The molecule has 5 nitrogen and oxygen atoms in total. The van der Waals surface area contributed by atoms with Gasteiger partial charge in [0.1, 0.15) is 6.04 Å². The summed E-state index contributed by atoms with van der Waals surface area (Å²) >= 11 is 0. The Bertz CT molecular complexity index is 428. The van der Waals surface area contributed by atoms with Crippen molar-refractivity contribution in [2.45, 2.75) is 38.5 Å². The maximum Gasteiger partial charge on any atom is 0.327 e. The van der Waals surface area contributed by atoms with E-state index in [2.05, 4.69) is 5.32 Å². The van der Waals surface area contributed by atoms with Crippen molar-refractivity contribution in [3.63, 3.8) is 0 Å². The Morgan fingerprint density at radius 1 is 1.29 bits per heavy atom. The highest BCUT2D eigenvalue weighted by Gasteiger charge is 2.22. The highest BCUT2D eigenvalue weighted by molar-refractivity contribution is 5.77. The molecule has 2 atom stereocenters. The second-order valence-corrected chi connectivity index (χ2v) is 5.85. The summed E-state index contributed by atoms with van der Waals surface area (Å²) in [4.78, 5) is 11.8. The molecule has 0 aromatic heterocycles. The molecule has 1 aromatic rings. The standard InChI is InChI=1S/C16H25NO4/c1-16(2,3)21-11-13(18)10-17-14(15(19)20-4)12-8-6-5-7-9-12/h5-9,13-14,17-18H,10-11H2,1-4H3. The Hall–Kier alpha value is -1.43. The molecule has 2 N–H and O–H groups in total. The molecule has 0 aliphatic carbocycles. The van der Waals surface area contributed by atoms with Crippen molar-refractivity contribution in [2.24, 2.45) is 0 Å². The number of hydrogen-bond donors (Lipinski definition) is 2. The van der Waals surface area contributed by atoms with Crippen LogP contribution in [0.4, 0.5) is 0 Å². The van der Waals surface area contributed by atoms with E-state index < -0.39 is 12.1 Å². The van der Waals surface area contributed by atoms with Crippen LogP contribution in [0.5, 0.6) is 0 Å². The number of aliphatic hydroxyl groups is 1. The molecular formula is C16H25NO4. The minimum Gasteiger partial charge on any atom is -0.468 e. The van der Waals surface area contributed by atoms with E-state index in [9.17, 15) is 9.90 Å². The summed E-state index contributed by atoms with van der Waals surface area (Å²) in [6, 6.07) is 8.67. The van der Waals surface area contributed by atoms with Crippen LogP contribution in [0.1, 0.15) is 32.4 Å². The van der Waals surface area contributed by atoms with Crippen LogP contribution < -0.4 is 5.32 Å². The van der Waals surface area contributed by atoms with Gasteiger partial charge in [-0.05, 0) is 26.3 Å². The van der Waals surface area contributed by atoms with Crippen molar-refractivity contribution >= 4 is 5.97 Å². The third-order valence-corrected chi connectivity index (χ3v) is 2.84. The van der Waals surface area contributed by atoms with Crippen molar-refractivity contribution in [2.75, 3.05) is 20.3 Å². The van der Waals surface area contributed by atoms with Crippen molar-refractivity contribution in [1.82, 2.24) is 5.32 Å². The van der Waals surface area contributed by atoms with Crippen molar-refractivity contribution in [1.29, 1.82) is 0 Å². The van der Waals surface area contributed by atoms with Gasteiger partial charge in [-0.25, -0.2) is 4.79 Å². The van der Waals surface area contributed by atoms with Gasteiger partial charge in [0.25, 0.3) is 0 Å². The molecule has 0 saturated heterocycles. The summed E-state index contributed by atoms with van der Waals surface area (Å²) in [7, 11) is 1.35. The lowest BCUT2D eigenvalue weighted by Gasteiger charge is -2.23. The number of hydrogen-bond acceptors (Lipinski definition) is 5. The Morgan fingerprint density at radius 3 is 2.43 bits per heavy atom. The lowest BCUT2D eigenvalue weighted by molar-refractivity contribution is -0.143. The van der Waals surface area contributed by atoms with Crippen molar-refractivity contribution in [3.05, 3.63) is 35.9 Å². The van der Waals surface area contributed by atoms with E-state index >= 15 is 0 Å². The third-order valence-electron chi connectivity index (χ3n) is 2.84. The summed E-state index contributed by atoms with van der Waals surface area (Å²) in [6.07, 6.45) is -0.694. The van der Waals surface area contributed by atoms with Gasteiger partial charge >= 0.3 is 5.97 Å². The highest BCUT2D eigenvalue weighted by atomic mass is 16.5. The zero-order valence-corrected chi connectivity index (χ0v) is 13.1. The lowest BCUT2D eigenvalue weighted by atomic mass is 10.1. The Labute approximate surface area is 126 Å². The van der Waals surface area contributed by atoms with Gasteiger partial charge < -0.3 is 14.6 Å². The maximum atomic E-state index is 11.8. The first kappa shape index (κ1) is 17.6. The van der Waals surface area contributed by atoms with E-state index in [-0.39, 0.29) is 24.7 Å². The van der Waals surface area contributed by atoms with Crippen LogP contribution in [0.2, 0.25) is 0 Å². The molecule has 0 saturated carbocycles. The number of esters is 1. The van der Waals surface area contributed by atoms with Crippen LogP contribution in [0.25, 0.3) is 0 Å². The molecule has 21 heavy (non-hydrogen) atoms. The van der Waals surface area contributed by atoms with Crippen LogP contribution >= 0.6 is 0 Å². The zero-order chi connectivity index (χ0) is 15.9. The van der Waals surface area contributed by atoms with Crippen LogP contribution in [0.15, 0.2) is 30.3 Å². The van der Waals surface area contributed by atoms with Crippen LogP contribution in [-0.4, -0.2) is 43.0 Å².